The Balaban J connectivity index is 1.38. The molecule has 1 atom stereocenters. The predicted molar refractivity (Wildman–Crippen MR) is 112 cm³/mol. The summed E-state index contributed by atoms with van der Waals surface area (Å²) in [6, 6.07) is 7.57. The van der Waals surface area contributed by atoms with Gasteiger partial charge in [0.25, 0.3) is 0 Å². The first-order valence-electron chi connectivity index (χ1n) is 10.2. The van der Waals surface area contributed by atoms with Crippen LogP contribution in [0.1, 0.15) is 32.6 Å². The van der Waals surface area contributed by atoms with Crippen molar-refractivity contribution in [1.82, 2.24) is 19.9 Å². The van der Waals surface area contributed by atoms with Gasteiger partial charge in [-0.25, -0.2) is 15.0 Å². The van der Waals surface area contributed by atoms with Gasteiger partial charge in [0.1, 0.15) is 17.6 Å². The van der Waals surface area contributed by atoms with Crippen molar-refractivity contribution in [1.29, 1.82) is 0 Å². The number of H-pyrrole nitrogens is 1. The summed E-state index contributed by atoms with van der Waals surface area (Å²) in [6.45, 7) is 4.33. The highest BCUT2D eigenvalue weighted by Gasteiger charge is 2.28. The van der Waals surface area contributed by atoms with Gasteiger partial charge in [-0.1, -0.05) is 13.3 Å². The van der Waals surface area contributed by atoms with Crippen LogP contribution in [0.5, 0.6) is 5.75 Å². The standard InChI is InChI=1S/C21H26N6O2/c1-2-3-11-29-17-8-6-16(7-9-17)26-21(28)15-5-4-10-27(12-15)20-18-19(23-13-22-18)24-14-25-20/h6-9,13-15H,2-5,10-12H2,1H3,(H,26,28)(H,22,23,24,25)/t15-/m0/s1. The maximum atomic E-state index is 12.8. The number of anilines is 2. The van der Waals surface area contributed by atoms with E-state index in [1.54, 1.807) is 6.33 Å². The van der Waals surface area contributed by atoms with Crippen molar-refractivity contribution < 1.29 is 9.53 Å². The lowest BCUT2D eigenvalue weighted by Crippen LogP contribution is -2.41. The molecule has 0 spiro atoms. The zero-order valence-electron chi connectivity index (χ0n) is 16.6. The van der Waals surface area contributed by atoms with Crippen LogP contribution in [-0.4, -0.2) is 45.5 Å². The van der Waals surface area contributed by atoms with E-state index >= 15 is 0 Å². The molecule has 0 saturated carbocycles. The second-order valence-corrected chi connectivity index (χ2v) is 7.30. The maximum Gasteiger partial charge on any atom is 0.229 e. The number of fused-ring (bicyclic) bond motifs is 1. The number of piperidine rings is 1. The summed E-state index contributed by atoms with van der Waals surface area (Å²) in [6.07, 6.45) is 7.07. The Bertz CT molecular complexity index is 955. The highest BCUT2D eigenvalue weighted by atomic mass is 16.5. The van der Waals surface area contributed by atoms with Gasteiger partial charge in [-0.15, -0.1) is 0 Å². The molecule has 1 aliphatic heterocycles. The quantitative estimate of drug-likeness (QED) is 0.597. The van der Waals surface area contributed by atoms with E-state index in [0.29, 0.717) is 18.8 Å². The third-order valence-electron chi connectivity index (χ3n) is 5.18. The molecule has 8 heteroatoms. The molecule has 0 radical (unpaired) electrons. The number of hydrogen-bond acceptors (Lipinski definition) is 6. The smallest absolute Gasteiger partial charge is 0.229 e. The Morgan fingerprint density at radius 2 is 2.14 bits per heavy atom. The van der Waals surface area contributed by atoms with Crippen LogP contribution in [0.4, 0.5) is 11.5 Å². The number of carbonyl (C=O) groups is 1. The third-order valence-corrected chi connectivity index (χ3v) is 5.18. The second kappa shape index (κ2) is 8.89. The summed E-state index contributed by atoms with van der Waals surface area (Å²) in [4.78, 5) is 30.9. The molecule has 1 saturated heterocycles. The molecular formula is C21H26N6O2. The summed E-state index contributed by atoms with van der Waals surface area (Å²) < 4.78 is 5.67. The predicted octanol–water partition coefficient (Wildman–Crippen LogP) is 3.39. The Kier molecular flexibility index (Phi) is 5.88. The third kappa shape index (κ3) is 4.47. The van der Waals surface area contributed by atoms with Crippen molar-refractivity contribution >= 4 is 28.6 Å². The first-order chi connectivity index (χ1) is 14.2. The van der Waals surface area contributed by atoms with Crippen LogP contribution in [0.15, 0.2) is 36.9 Å². The molecule has 1 fully saturated rings. The fourth-order valence-corrected chi connectivity index (χ4v) is 3.59. The highest BCUT2D eigenvalue weighted by Crippen LogP contribution is 2.26. The van der Waals surface area contributed by atoms with Crippen molar-refractivity contribution in [3.63, 3.8) is 0 Å². The lowest BCUT2D eigenvalue weighted by atomic mass is 9.97. The molecule has 0 unspecified atom stereocenters. The molecular weight excluding hydrogens is 368 g/mol. The number of nitrogens with one attached hydrogen (secondary N) is 2. The number of imidazole rings is 1. The Labute approximate surface area is 169 Å². The average Bonchev–Trinajstić information content (AvgIpc) is 3.24. The van der Waals surface area contributed by atoms with Crippen molar-refractivity contribution in [2.24, 2.45) is 5.92 Å². The van der Waals surface area contributed by atoms with E-state index in [1.807, 2.05) is 24.3 Å². The zero-order chi connectivity index (χ0) is 20.1. The highest BCUT2D eigenvalue weighted by molar-refractivity contribution is 5.93. The fourth-order valence-electron chi connectivity index (χ4n) is 3.59. The number of aromatic nitrogens is 4. The summed E-state index contributed by atoms with van der Waals surface area (Å²) in [5.74, 6) is 1.56. The van der Waals surface area contributed by atoms with Crippen molar-refractivity contribution in [2.45, 2.75) is 32.6 Å². The van der Waals surface area contributed by atoms with Crippen molar-refractivity contribution in [2.75, 3.05) is 29.9 Å². The molecule has 152 valence electrons. The van der Waals surface area contributed by atoms with Crippen LogP contribution < -0.4 is 15.0 Å². The molecule has 0 aliphatic carbocycles. The number of unbranched alkanes of at least 4 members (excludes halogenated alkanes) is 1. The van der Waals surface area contributed by atoms with Gasteiger partial charge in [0, 0.05) is 18.8 Å². The van der Waals surface area contributed by atoms with Crippen LogP contribution >= 0.6 is 0 Å². The Hall–Kier alpha value is -3.16. The van der Waals surface area contributed by atoms with E-state index in [4.69, 9.17) is 4.74 Å². The number of benzene rings is 1. The van der Waals surface area contributed by atoms with E-state index in [0.717, 1.165) is 55.0 Å². The number of nitrogens with zero attached hydrogens (tertiary/aromatic N) is 4. The van der Waals surface area contributed by atoms with Gasteiger partial charge >= 0.3 is 0 Å². The lowest BCUT2D eigenvalue weighted by molar-refractivity contribution is -0.120. The first-order valence-corrected chi connectivity index (χ1v) is 10.2. The minimum absolute atomic E-state index is 0.0317. The van der Waals surface area contributed by atoms with Gasteiger partial charge in [-0.05, 0) is 43.5 Å². The van der Waals surface area contributed by atoms with Crippen molar-refractivity contribution in [3.05, 3.63) is 36.9 Å². The largest absolute Gasteiger partial charge is 0.494 e. The normalized spacial score (nSPS) is 16.7. The van der Waals surface area contributed by atoms with Gasteiger partial charge in [0.05, 0.1) is 18.9 Å². The molecule has 1 amide bonds. The summed E-state index contributed by atoms with van der Waals surface area (Å²) >= 11 is 0. The number of amides is 1. The molecule has 2 aromatic heterocycles. The molecule has 1 aromatic carbocycles. The molecule has 3 heterocycles. The number of aromatic amines is 1. The van der Waals surface area contributed by atoms with E-state index in [2.05, 4.69) is 37.1 Å². The van der Waals surface area contributed by atoms with Gasteiger partial charge < -0.3 is 19.9 Å². The molecule has 29 heavy (non-hydrogen) atoms. The van der Waals surface area contributed by atoms with E-state index < -0.39 is 0 Å². The summed E-state index contributed by atoms with van der Waals surface area (Å²) in [5, 5.41) is 3.04. The molecule has 3 aromatic rings. The zero-order valence-corrected chi connectivity index (χ0v) is 16.6. The second-order valence-electron chi connectivity index (χ2n) is 7.30. The Morgan fingerprint density at radius 1 is 1.28 bits per heavy atom. The molecule has 0 bridgehead atoms. The van der Waals surface area contributed by atoms with Crippen LogP contribution in [0.25, 0.3) is 11.2 Å². The summed E-state index contributed by atoms with van der Waals surface area (Å²) in [7, 11) is 0. The fraction of sp³-hybridized carbons (Fsp3) is 0.429. The van der Waals surface area contributed by atoms with E-state index in [-0.39, 0.29) is 11.8 Å². The summed E-state index contributed by atoms with van der Waals surface area (Å²) in [5.41, 5.74) is 2.24. The van der Waals surface area contributed by atoms with Gasteiger partial charge in [-0.3, -0.25) is 4.79 Å². The first kappa shape index (κ1) is 19.2. The SMILES string of the molecule is CCCCOc1ccc(NC(=O)[C@H]2CCCN(c3ncnc4nc[nH]c34)C2)cc1. The number of rotatable bonds is 7. The van der Waals surface area contributed by atoms with Crippen LogP contribution in [-0.2, 0) is 4.79 Å². The molecule has 1 aliphatic rings. The molecule has 4 rings (SSSR count). The van der Waals surface area contributed by atoms with Crippen LogP contribution in [0.3, 0.4) is 0 Å². The molecule has 2 N–H and O–H groups in total. The van der Waals surface area contributed by atoms with Gasteiger partial charge in [0.2, 0.25) is 5.91 Å². The average molecular weight is 394 g/mol. The maximum absolute atomic E-state index is 12.8. The van der Waals surface area contributed by atoms with E-state index in [1.165, 1.54) is 6.33 Å². The minimum atomic E-state index is -0.0998. The number of hydrogen-bond donors (Lipinski definition) is 2. The van der Waals surface area contributed by atoms with Crippen molar-refractivity contribution in [3.8, 4) is 5.75 Å². The minimum Gasteiger partial charge on any atom is -0.494 e. The monoisotopic (exact) mass is 394 g/mol. The Morgan fingerprint density at radius 3 is 2.97 bits per heavy atom. The number of ether oxygens (including phenoxy) is 1. The van der Waals surface area contributed by atoms with Crippen LogP contribution in [0.2, 0.25) is 0 Å². The lowest BCUT2D eigenvalue weighted by Gasteiger charge is -2.32. The number of carbonyl (C=O) groups excluding carboxylic acids is 1. The van der Waals surface area contributed by atoms with Crippen LogP contribution in [0, 0.1) is 5.92 Å². The molecule has 8 nitrogen and oxygen atoms in total. The van der Waals surface area contributed by atoms with Gasteiger partial charge in [0.15, 0.2) is 11.5 Å². The topological polar surface area (TPSA) is 96.0 Å². The van der Waals surface area contributed by atoms with Gasteiger partial charge in [-0.2, -0.15) is 0 Å². The van der Waals surface area contributed by atoms with E-state index in [9.17, 15) is 4.79 Å².